The Morgan fingerprint density at radius 2 is 1.92 bits per heavy atom. The number of halogens is 2. The summed E-state index contributed by atoms with van der Waals surface area (Å²) in [6.45, 7) is 7.21. The van der Waals surface area contributed by atoms with Crippen molar-refractivity contribution in [1.82, 2.24) is 4.90 Å². The van der Waals surface area contributed by atoms with Crippen LogP contribution in [-0.2, 0) is 22.6 Å². The number of hydrogen-bond donors (Lipinski definition) is 1. The van der Waals surface area contributed by atoms with Crippen LogP contribution >= 0.6 is 31.9 Å². The van der Waals surface area contributed by atoms with E-state index in [0.717, 1.165) is 20.1 Å². The first-order valence-electron chi connectivity index (χ1n) is 7.52. The molecular weight excluding hydrogens is 442 g/mol. The van der Waals surface area contributed by atoms with Crippen molar-refractivity contribution in [2.45, 2.75) is 46.2 Å². The number of carbonyl (C=O) groups excluding carboxylic acids is 1. The van der Waals surface area contributed by atoms with Gasteiger partial charge in [-0.25, -0.2) is 4.79 Å². The number of methoxy groups -OCH3 is 1. The first kappa shape index (κ1) is 19.2. The predicted octanol–water partition coefficient (Wildman–Crippen LogP) is 3.99. The van der Waals surface area contributed by atoms with Gasteiger partial charge in [-0.3, -0.25) is 4.79 Å². The summed E-state index contributed by atoms with van der Waals surface area (Å²) < 4.78 is 6.88. The fraction of sp³-hybridized carbons (Fsp3) is 0.529. The van der Waals surface area contributed by atoms with E-state index < -0.39 is 16.9 Å². The molecule has 0 aliphatic carbocycles. The van der Waals surface area contributed by atoms with Crippen molar-refractivity contribution in [3.8, 4) is 5.75 Å². The Hall–Kier alpha value is -1.08. The first-order valence-corrected chi connectivity index (χ1v) is 9.11. The molecular formula is C17H21Br2NO4. The normalized spacial score (nSPS) is 20.5. The van der Waals surface area contributed by atoms with E-state index in [1.165, 1.54) is 4.90 Å². The van der Waals surface area contributed by atoms with Crippen molar-refractivity contribution in [3.63, 3.8) is 0 Å². The summed E-state index contributed by atoms with van der Waals surface area (Å²) in [4.78, 5) is 26.3. The molecule has 0 radical (unpaired) electrons. The van der Waals surface area contributed by atoms with Crippen LogP contribution in [0.5, 0.6) is 5.75 Å². The average Bonchev–Trinajstić information content (AvgIpc) is 2.45. The Balaban J connectivity index is 2.64. The molecule has 132 valence electrons. The van der Waals surface area contributed by atoms with E-state index in [2.05, 4.69) is 31.9 Å². The van der Waals surface area contributed by atoms with Gasteiger partial charge in [0.15, 0.2) is 0 Å². The van der Waals surface area contributed by atoms with Crippen LogP contribution in [0.3, 0.4) is 0 Å². The highest BCUT2D eigenvalue weighted by Crippen LogP contribution is 2.44. The van der Waals surface area contributed by atoms with Crippen molar-refractivity contribution in [2.24, 2.45) is 5.41 Å². The number of benzene rings is 1. The maximum absolute atomic E-state index is 12.9. The Morgan fingerprint density at radius 3 is 2.38 bits per heavy atom. The lowest BCUT2D eigenvalue weighted by atomic mass is 9.81. The third kappa shape index (κ3) is 3.08. The summed E-state index contributed by atoms with van der Waals surface area (Å²) in [5.41, 5.74) is -0.186. The zero-order valence-electron chi connectivity index (χ0n) is 14.4. The summed E-state index contributed by atoms with van der Waals surface area (Å²) in [7, 11) is 1.57. The van der Waals surface area contributed by atoms with Crippen LogP contribution in [0.15, 0.2) is 15.0 Å². The fourth-order valence-corrected chi connectivity index (χ4v) is 4.55. The van der Waals surface area contributed by atoms with Gasteiger partial charge < -0.3 is 14.7 Å². The molecule has 0 bridgehead atoms. The van der Waals surface area contributed by atoms with Gasteiger partial charge in [0, 0.05) is 18.4 Å². The zero-order valence-corrected chi connectivity index (χ0v) is 17.5. The molecule has 7 heteroatoms. The number of amides is 1. The number of ether oxygens (including phenoxy) is 1. The molecule has 0 saturated carbocycles. The Morgan fingerprint density at radius 1 is 1.33 bits per heavy atom. The first-order chi connectivity index (χ1) is 10.9. The number of carboxylic acid groups (broad SMARTS) is 1. The van der Waals surface area contributed by atoms with E-state index in [9.17, 15) is 14.7 Å². The lowest BCUT2D eigenvalue weighted by Crippen LogP contribution is -2.60. The van der Waals surface area contributed by atoms with E-state index in [0.29, 0.717) is 5.75 Å². The summed E-state index contributed by atoms with van der Waals surface area (Å²) in [6.07, 6.45) is 0.237. The molecule has 0 saturated heterocycles. The number of nitrogens with zero attached hydrogens (tertiary/aromatic N) is 1. The van der Waals surface area contributed by atoms with Crippen LogP contribution in [-0.4, -0.2) is 34.5 Å². The second-order valence-corrected chi connectivity index (χ2v) is 8.89. The van der Waals surface area contributed by atoms with Gasteiger partial charge in [-0.05, 0) is 56.0 Å². The van der Waals surface area contributed by atoms with E-state index >= 15 is 0 Å². The summed E-state index contributed by atoms with van der Waals surface area (Å²) in [6, 6.07) is 1.87. The number of carboxylic acids is 1. The second-order valence-electron chi connectivity index (χ2n) is 7.24. The SMILES string of the molecule is COc1c(Br)cc2c(c1Br)CN(C(=O)C(C)(C)C)[C@@](C)(C(=O)O)C2. The molecule has 0 unspecified atom stereocenters. The molecule has 1 aromatic carbocycles. The number of carbonyl (C=O) groups is 2. The van der Waals surface area contributed by atoms with Crippen LogP contribution in [0.4, 0.5) is 0 Å². The summed E-state index contributed by atoms with van der Waals surface area (Å²) >= 11 is 6.99. The topological polar surface area (TPSA) is 66.8 Å². The van der Waals surface area contributed by atoms with Crippen molar-refractivity contribution < 1.29 is 19.4 Å². The molecule has 1 aliphatic heterocycles. The zero-order chi connectivity index (χ0) is 18.4. The second kappa shape index (κ2) is 6.33. The quantitative estimate of drug-likeness (QED) is 0.721. The minimum atomic E-state index is -1.29. The standard InChI is InChI=1S/C17H21Br2NO4/c1-16(2,3)14(21)20-8-10-9(7-17(20,4)15(22)23)6-11(18)13(24-5)12(10)19/h6H,7-8H2,1-5H3,(H,22,23)/t17-/m1/s1. The molecule has 2 rings (SSSR count). The minimum absolute atomic E-state index is 0.188. The van der Waals surface area contributed by atoms with E-state index in [1.807, 2.05) is 6.07 Å². The number of rotatable bonds is 2. The molecule has 0 spiro atoms. The molecule has 1 atom stereocenters. The number of fused-ring (bicyclic) bond motifs is 1. The molecule has 0 aromatic heterocycles. The molecule has 1 N–H and O–H groups in total. The fourth-order valence-electron chi connectivity index (χ4n) is 2.90. The maximum Gasteiger partial charge on any atom is 0.329 e. The van der Waals surface area contributed by atoms with Crippen molar-refractivity contribution in [2.75, 3.05) is 7.11 Å². The highest BCUT2D eigenvalue weighted by atomic mass is 79.9. The van der Waals surface area contributed by atoms with Crippen LogP contribution in [0.2, 0.25) is 0 Å². The van der Waals surface area contributed by atoms with Gasteiger partial charge in [-0.15, -0.1) is 0 Å². The number of hydrogen-bond acceptors (Lipinski definition) is 3. The van der Waals surface area contributed by atoms with Gasteiger partial charge in [-0.1, -0.05) is 20.8 Å². The van der Waals surface area contributed by atoms with Crippen molar-refractivity contribution in [1.29, 1.82) is 0 Å². The van der Waals surface area contributed by atoms with Gasteiger partial charge in [0.2, 0.25) is 5.91 Å². The monoisotopic (exact) mass is 461 g/mol. The summed E-state index contributed by atoms with van der Waals surface area (Å²) in [5.74, 6) is -0.559. The molecule has 1 aromatic rings. The van der Waals surface area contributed by atoms with Gasteiger partial charge in [0.1, 0.15) is 11.3 Å². The van der Waals surface area contributed by atoms with Crippen molar-refractivity contribution in [3.05, 3.63) is 26.1 Å². The molecule has 1 aliphatic rings. The predicted molar refractivity (Wildman–Crippen MR) is 98.1 cm³/mol. The van der Waals surface area contributed by atoms with Gasteiger partial charge in [0.05, 0.1) is 16.1 Å². The lowest BCUT2D eigenvalue weighted by molar-refractivity contribution is -0.163. The molecule has 24 heavy (non-hydrogen) atoms. The average molecular weight is 463 g/mol. The van der Waals surface area contributed by atoms with E-state index in [-0.39, 0.29) is 18.9 Å². The minimum Gasteiger partial charge on any atom is -0.494 e. The third-order valence-electron chi connectivity index (χ3n) is 4.37. The van der Waals surface area contributed by atoms with Crippen LogP contribution < -0.4 is 4.74 Å². The molecule has 5 nitrogen and oxygen atoms in total. The number of aliphatic carboxylic acids is 1. The van der Waals surface area contributed by atoms with E-state index in [1.54, 1.807) is 34.8 Å². The molecule has 0 fully saturated rings. The van der Waals surface area contributed by atoms with Crippen LogP contribution in [0.1, 0.15) is 38.8 Å². The molecule has 1 heterocycles. The highest BCUT2D eigenvalue weighted by molar-refractivity contribution is 9.11. The van der Waals surface area contributed by atoms with Gasteiger partial charge >= 0.3 is 5.97 Å². The Kier molecular flexibility index (Phi) is 5.08. The van der Waals surface area contributed by atoms with Gasteiger partial charge in [-0.2, -0.15) is 0 Å². The van der Waals surface area contributed by atoms with Crippen LogP contribution in [0.25, 0.3) is 0 Å². The smallest absolute Gasteiger partial charge is 0.329 e. The highest BCUT2D eigenvalue weighted by Gasteiger charge is 2.48. The molecule has 1 amide bonds. The Labute approximate surface area is 158 Å². The largest absolute Gasteiger partial charge is 0.494 e. The van der Waals surface area contributed by atoms with Crippen molar-refractivity contribution >= 4 is 43.7 Å². The van der Waals surface area contributed by atoms with E-state index in [4.69, 9.17) is 4.74 Å². The lowest BCUT2D eigenvalue weighted by Gasteiger charge is -2.45. The maximum atomic E-state index is 12.9. The Bertz CT molecular complexity index is 712. The van der Waals surface area contributed by atoms with Gasteiger partial charge in [0.25, 0.3) is 0 Å². The van der Waals surface area contributed by atoms with Crippen LogP contribution in [0, 0.1) is 5.41 Å². The third-order valence-corrected chi connectivity index (χ3v) is 5.80. The summed E-state index contributed by atoms with van der Waals surface area (Å²) in [5, 5.41) is 9.81.